The quantitative estimate of drug-likeness (QED) is 0.568. The number of carbonyl (C=O) groups excluding carboxylic acids is 3. The van der Waals surface area contributed by atoms with E-state index < -0.39 is 41.0 Å². The first-order valence-corrected chi connectivity index (χ1v) is 9.28. The topological polar surface area (TPSA) is 101 Å². The maximum Gasteiger partial charge on any atom is 0.308 e. The average Bonchev–Trinajstić information content (AvgIpc) is 2.89. The molecule has 0 radical (unpaired) electrons. The molecule has 0 bridgehead atoms. The van der Waals surface area contributed by atoms with Crippen molar-refractivity contribution in [2.24, 2.45) is 29.6 Å². The zero-order chi connectivity index (χ0) is 19.6. The average molecular weight is 364 g/mol. The van der Waals surface area contributed by atoms with E-state index in [9.17, 15) is 24.6 Å². The lowest BCUT2D eigenvalue weighted by Crippen LogP contribution is -2.45. The fourth-order valence-corrected chi connectivity index (χ4v) is 5.29. The molecule has 0 aromatic heterocycles. The van der Waals surface area contributed by atoms with Gasteiger partial charge in [-0.15, -0.1) is 0 Å². The fraction of sp³-hybridized carbons (Fsp3) is 0.750. The molecular weight excluding hydrogens is 336 g/mol. The van der Waals surface area contributed by atoms with Gasteiger partial charge in [0.15, 0.2) is 11.6 Å². The summed E-state index contributed by atoms with van der Waals surface area (Å²) in [6.45, 7) is 10.4. The lowest BCUT2D eigenvalue weighted by Gasteiger charge is -2.37. The third-order valence-corrected chi connectivity index (χ3v) is 6.71. The maximum absolute atomic E-state index is 12.4. The first-order valence-electron chi connectivity index (χ1n) is 9.28. The summed E-state index contributed by atoms with van der Waals surface area (Å²) in [7, 11) is 0. The molecule has 0 spiro atoms. The highest BCUT2D eigenvalue weighted by atomic mass is 16.5. The molecule has 6 heteroatoms. The summed E-state index contributed by atoms with van der Waals surface area (Å²) >= 11 is 0. The Bertz CT molecular complexity index is 674. The second-order valence-corrected chi connectivity index (χ2v) is 8.94. The Kier molecular flexibility index (Phi) is 4.43. The smallest absolute Gasteiger partial charge is 0.308 e. The summed E-state index contributed by atoms with van der Waals surface area (Å²) < 4.78 is 5.68. The van der Waals surface area contributed by atoms with Crippen LogP contribution in [0.25, 0.3) is 0 Å². The van der Waals surface area contributed by atoms with Gasteiger partial charge in [0.05, 0.1) is 11.5 Å². The van der Waals surface area contributed by atoms with Gasteiger partial charge in [0.1, 0.15) is 11.7 Å². The van der Waals surface area contributed by atoms with E-state index in [0.29, 0.717) is 5.57 Å². The number of carbonyl (C=O) groups is 3. The van der Waals surface area contributed by atoms with Crippen LogP contribution >= 0.6 is 0 Å². The molecule has 3 fully saturated rings. The SMILES string of the molecule is C=C1C(=O)CC2C1C(OC(=O)C(C)C)CC(C)(O)C1CC(=O)C(C)(O)C21. The van der Waals surface area contributed by atoms with Crippen LogP contribution in [-0.4, -0.2) is 45.1 Å². The van der Waals surface area contributed by atoms with Crippen molar-refractivity contribution < 1.29 is 29.3 Å². The summed E-state index contributed by atoms with van der Waals surface area (Å²) in [6, 6.07) is 0. The van der Waals surface area contributed by atoms with Gasteiger partial charge in [-0.3, -0.25) is 14.4 Å². The van der Waals surface area contributed by atoms with Gasteiger partial charge in [0, 0.05) is 37.0 Å². The van der Waals surface area contributed by atoms with Crippen LogP contribution in [0.2, 0.25) is 0 Å². The minimum absolute atomic E-state index is 0.0550. The monoisotopic (exact) mass is 364 g/mol. The predicted molar refractivity (Wildman–Crippen MR) is 92.9 cm³/mol. The Labute approximate surface area is 153 Å². The van der Waals surface area contributed by atoms with Gasteiger partial charge in [-0.1, -0.05) is 20.4 Å². The molecule has 144 valence electrons. The Hall–Kier alpha value is -1.53. The van der Waals surface area contributed by atoms with Crippen molar-refractivity contribution in [3.8, 4) is 0 Å². The number of ether oxygens (including phenoxy) is 1. The van der Waals surface area contributed by atoms with Crippen LogP contribution in [0.5, 0.6) is 0 Å². The summed E-state index contributed by atoms with van der Waals surface area (Å²) in [5.74, 6) is -3.08. The number of esters is 1. The lowest BCUT2D eigenvalue weighted by molar-refractivity contribution is -0.159. The molecule has 3 aliphatic carbocycles. The fourth-order valence-electron chi connectivity index (χ4n) is 5.29. The van der Waals surface area contributed by atoms with Crippen molar-refractivity contribution in [1.29, 1.82) is 0 Å². The highest BCUT2D eigenvalue weighted by molar-refractivity contribution is 5.99. The molecule has 0 heterocycles. The molecule has 3 saturated carbocycles. The summed E-state index contributed by atoms with van der Waals surface area (Å²) in [5.41, 5.74) is -2.54. The minimum atomic E-state index is -1.61. The van der Waals surface area contributed by atoms with E-state index in [0.717, 1.165) is 0 Å². The first kappa shape index (κ1) is 19.2. The highest BCUT2D eigenvalue weighted by Gasteiger charge is 2.65. The summed E-state index contributed by atoms with van der Waals surface area (Å²) in [5, 5.41) is 22.0. The number of aliphatic hydroxyl groups is 2. The highest BCUT2D eigenvalue weighted by Crippen LogP contribution is 2.58. The van der Waals surface area contributed by atoms with Crippen LogP contribution in [0.15, 0.2) is 12.2 Å². The summed E-state index contributed by atoms with van der Waals surface area (Å²) in [6.07, 6.45) is -0.372. The number of rotatable bonds is 2. The molecule has 2 N–H and O–H groups in total. The number of fused-ring (bicyclic) bond motifs is 3. The molecule has 0 aromatic rings. The number of ketones is 2. The third kappa shape index (κ3) is 2.74. The van der Waals surface area contributed by atoms with E-state index in [1.807, 2.05) is 0 Å². The van der Waals surface area contributed by atoms with Crippen molar-refractivity contribution >= 4 is 17.5 Å². The van der Waals surface area contributed by atoms with Crippen LogP contribution in [-0.2, 0) is 19.1 Å². The Morgan fingerprint density at radius 2 is 1.85 bits per heavy atom. The van der Waals surface area contributed by atoms with Crippen molar-refractivity contribution in [2.75, 3.05) is 0 Å². The van der Waals surface area contributed by atoms with Crippen molar-refractivity contribution in [2.45, 2.75) is 64.3 Å². The van der Waals surface area contributed by atoms with Gasteiger partial charge in [0.25, 0.3) is 0 Å². The Balaban J connectivity index is 2.07. The molecule has 7 unspecified atom stereocenters. The van der Waals surface area contributed by atoms with E-state index in [2.05, 4.69) is 6.58 Å². The Morgan fingerprint density at radius 1 is 1.23 bits per heavy atom. The number of hydrogen-bond donors (Lipinski definition) is 2. The van der Waals surface area contributed by atoms with Gasteiger partial charge in [0.2, 0.25) is 0 Å². The van der Waals surface area contributed by atoms with Gasteiger partial charge in [-0.25, -0.2) is 0 Å². The van der Waals surface area contributed by atoms with Crippen LogP contribution in [0, 0.1) is 29.6 Å². The van der Waals surface area contributed by atoms with Crippen LogP contribution in [0.4, 0.5) is 0 Å². The van der Waals surface area contributed by atoms with Crippen molar-refractivity contribution in [3.63, 3.8) is 0 Å². The van der Waals surface area contributed by atoms with Crippen molar-refractivity contribution in [3.05, 3.63) is 12.2 Å². The molecule has 7 atom stereocenters. The summed E-state index contributed by atoms with van der Waals surface area (Å²) in [4.78, 5) is 37.0. The zero-order valence-corrected chi connectivity index (χ0v) is 15.8. The Morgan fingerprint density at radius 3 is 2.42 bits per heavy atom. The standard InChI is InChI=1S/C20H28O6/c1-9(2)18(23)26-14-8-19(4,24)12-7-15(22)20(5,25)17(12)11-6-13(21)10(3)16(11)14/h9,11-12,14,16-17,24-25H,3,6-8H2,1-2,4-5H3. The molecular formula is C20H28O6. The molecule has 0 aliphatic heterocycles. The predicted octanol–water partition coefficient (Wildman–Crippen LogP) is 1.43. The molecule has 0 saturated heterocycles. The van der Waals surface area contributed by atoms with Gasteiger partial charge >= 0.3 is 5.97 Å². The van der Waals surface area contributed by atoms with Crippen LogP contribution < -0.4 is 0 Å². The molecule has 26 heavy (non-hydrogen) atoms. The van der Waals surface area contributed by atoms with Gasteiger partial charge in [-0.05, 0) is 25.3 Å². The first-order chi connectivity index (χ1) is 11.9. The largest absolute Gasteiger partial charge is 0.461 e. The molecule has 6 nitrogen and oxygen atoms in total. The van der Waals surface area contributed by atoms with Gasteiger partial charge in [-0.2, -0.15) is 0 Å². The normalized spacial score (nSPS) is 45.5. The van der Waals surface area contributed by atoms with E-state index in [-0.39, 0.29) is 42.7 Å². The van der Waals surface area contributed by atoms with E-state index >= 15 is 0 Å². The zero-order valence-electron chi connectivity index (χ0n) is 15.8. The van der Waals surface area contributed by atoms with Crippen molar-refractivity contribution in [1.82, 2.24) is 0 Å². The number of hydrogen-bond acceptors (Lipinski definition) is 6. The molecule has 0 amide bonds. The van der Waals surface area contributed by atoms with Crippen LogP contribution in [0.3, 0.4) is 0 Å². The van der Waals surface area contributed by atoms with E-state index in [1.54, 1.807) is 20.8 Å². The second kappa shape index (κ2) is 5.99. The molecule has 0 aromatic carbocycles. The lowest BCUT2D eigenvalue weighted by atomic mass is 9.70. The van der Waals surface area contributed by atoms with Crippen LogP contribution in [0.1, 0.15) is 47.0 Å². The van der Waals surface area contributed by atoms with E-state index in [1.165, 1.54) is 6.92 Å². The third-order valence-electron chi connectivity index (χ3n) is 6.71. The molecule has 3 aliphatic rings. The molecule has 3 rings (SSSR count). The second-order valence-electron chi connectivity index (χ2n) is 8.94. The van der Waals surface area contributed by atoms with Gasteiger partial charge < -0.3 is 14.9 Å². The number of Topliss-reactive ketones (excluding diaryl/α,β-unsaturated/α-hetero) is 2. The minimum Gasteiger partial charge on any atom is -0.461 e. The maximum atomic E-state index is 12.4. The van der Waals surface area contributed by atoms with E-state index in [4.69, 9.17) is 4.74 Å².